The van der Waals surface area contributed by atoms with Gasteiger partial charge in [-0.1, -0.05) is 72.8 Å². The van der Waals surface area contributed by atoms with Gasteiger partial charge in [0.1, 0.15) is 5.82 Å². The summed E-state index contributed by atoms with van der Waals surface area (Å²) in [7, 11) is 4.23. The lowest BCUT2D eigenvalue weighted by molar-refractivity contribution is -0.134. The molecule has 0 aromatic heterocycles. The Bertz CT molecular complexity index is 1130. The van der Waals surface area contributed by atoms with Gasteiger partial charge in [-0.25, -0.2) is 4.39 Å². The van der Waals surface area contributed by atoms with Crippen LogP contribution >= 0.6 is 0 Å². The molecule has 0 N–H and O–H groups in total. The van der Waals surface area contributed by atoms with Crippen LogP contribution in [0.4, 0.5) is 4.39 Å². The first-order valence-electron chi connectivity index (χ1n) is 14.3. The highest BCUT2D eigenvalue weighted by molar-refractivity contribution is 5.78. The number of carbonyl (C=O) groups is 1. The van der Waals surface area contributed by atoms with E-state index in [4.69, 9.17) is 0 Å². The van der Waals surface area contributed by atoms with Crippen LogP contribution in [0.25, 0.3) is 0 Å². The molecule has 1 amide bonds. The molecule has 39 heavy (non-hydrogen) atoms. The third kappa shape index (κ3) is 6.75. The SMILES string of the molecule is CN1CCC(C(c2ccc(F)cc2)N2CCN(C(=O)CN(C)C(c3ccccc3)c3ccccc3)CC2)CC1. The molecule has 2 aliphatic rings. The summed E-state index contributed by atoms with van der Waals surface area (Å²) < 4.78 is 13.7. The number of piperidine rings is 1. The lowest BCUT2D eigenvalue weighted by atomic mass is 9.84. The molecule has 206 valence electrons. The molecule has 0 saturated carbocycles. The van der Waals surface area contributed by atoms with Crippen LogP contribution < -0.4 is 0 Å². The van der Waals surface area contributed by atoms with Crippen molar-refractivity contribution in [1.29, 1.82) is 0 Å². The number of amides is 1. The Morgan fingerprint density at radius 2 is 1.33 bits per heavy atom. The molecule has 2 aliphatic heterocycles. The van der Waals surface area contributed by atoms with E-state index in [1.54, 1.807) is 12.1 Å². The lowest BCUT2D eigenvalue weighted by Gasteiger charge is -2.45. The molecule has 0 spiro atoms. The van der Waals surface area contributed by atoms with E-state index < -0.39 is 0 Å². The first kappa shape index (κ1) is 27.5. The summed E-state index contributed by atoms with van der Waals surface area (Å²) in [5.41, 5.74) is 3.56. The van der Waals surface area contributed by atoms with Crippen molar-refractivity contribution in [1.82, 2.24) is 19.6 Å². The van der Waals surface area contributed by atoms with Crippen LogP contribution in [-0.4, -0.2) is 85.4 Å². The van der Waals surface area contributed by atoms with Gasteiger partial charge >= 0.3 is 0 Å². The standard InChI is InChI=1S/C33H41FN4O/c1-35-19-17-29(18-20-35)33(28-13-15-30(34)16-14-28)38-23-21-37(22-24-38)31(39)25-36(2)32(26-9-5-3-6-10-26)27-11-7-4-8-12-27/h3-16,29,32-33H,17-25H2,1-2H3. The number of likely N-dealkylation sites (tertiary alicyclic amines) is 1. The molecular formula is C33H41FN4O. The zero-order valence-electron chi connectivity index (χ0n) is 23.3. The Morgan fingerprint density at radius 1 is 0.795 bits per heavy atom. The minimum absolute atomic E-state index is 0.0185. The molecule has 0 radical (unpaired) electrons. The number of hydrogen-bond donors (Lipinski definition) is 0. The van der Waals surface area contributed by atoms with E-state index in [1.807, 2.05) is 36.2 Å². The molecule has 3 aromatic carbocycles. The van der Waals surface area contributed by atoms with Gasteiger partial charge in [0.25, 0.3) is 0 Å². The average Bonchev–Trinajstić information content (AvgIpc) is 2.97. The molecule has 5 rings (SSSR count). The largest absolute Gasteiger partial charge is 0.339 e. The minimum Gasteiger partial charge on any atom is -0.339 e. The third-order valence-corrected chi connectivity index (χ3v) is 8.54. The van der Waals surface area contributed by atoms with Crippen molar-refractivity contribution in [2.75, 3.05) is 59.9 Å². The average molecular weight is 529 g/mol. The quantitative estimate of drug-likeness (QED) is 0.408. The molecule has 1 atom stereocenters. The van der Waals surface area contributed by atoms with Crippen molar-refractivity contribution in [2.24, 2.45) is 5.92 Å². The van der Waals surface area contributed by atoms with Crippen molar-refractivity contribution in [2.45, 2.75) is 24.9 Å². The van der Waals surface area contributed by atoms with Crippen LogP contribution in [0, 0.1) is 11.7 Å². The van der Waals surface area contributed by atoms with Crippen LogP contribution in [0.15, 0.2) is 84.9 Å². The predicted octanol–water partition coefficient (Wildman–Crippen LogP) is 5.07. The number of piperazine rings is 1. The fourth-order valence-electron chi connectivity index (χ4n) is 6.41. The Balaban J connectivity index is 1.25. The molecule has 5 nitrogen and oxygen atoms in total. The van der Waals surface area contributed by atoms with Gasteiger partial charge in [0.15, 0.2) is 0 Å². The number of nitrogens with zero attached hydrogens (tertiary/aromatic N) is 4. The fraction of sp³-hybridized carbons (Fsp3) is 0.424. The zero-order chi connectivity index (χ0) is 27.2. The molecule has 6 heteroatoms. The zero-order valence-corrected chi connectivity index (χ0v) is 23.3. The molecule has 2 fully saturated rings. The van der Waals surface area contributed by atoms with E-state index in [-0.39, 0.29) is 23.8 Å². The fourth-order valence-corrected chi connectivity index (χ4v) is 6.41. The number of halogens is 1. The third-order valence-electron chi connectivity index (χ3n) is 8.54. The second-order valence-electron chi connectivity index (χ2n) is 11.2. The van der Waals surface area contributed by atoms with Crippen LogP contribution in [0.3, 0.4) is 0 Å². The van der Waals surface area contributed by atoms with Gasteiger partial charge in [0.2, 0.25) is 5.91 Å². The highest BCUT2D eigenvalue weighted by Crippen LogP contribution is 2.36. The molecule has 3 aromatic rings. The van der Waals surface area contributed by atoms with Crippen molar-refractivity contribution >= 4 is 5.91 Å². The van der Waals surface area contributed by atoms with Crippen LogP contribution in [0.1, 0.15) is 41.6 Å². The molecule has 0 aliphatic carbocycles. The maximum atomic E-state index is 13.7. The van der Waals surface area contributed by atoms with E-state index in [1.165, 1.54) is 16.7 Å². The van der Waals surface area contributed by atoms with Crippen LogP contribution in [0.2, 0.25) is 0 Å². The van der Waals surface area contributed by atoms with Gasteiger partial charge in [0, 0.05) is 32.2 Å². The van der Waals surface area contributed by atoms with Crippen LogP contribution in [0.5, 0.6) is 0 Å². The minimum atomic E-state index is -0.190. The highest BCUT2D eigenvalue weighted by atomic mass is 19.1. The summed E-state index contributed by atoms with van der Waals surface area (Å²) in [6.45, 7) is 5.67. The van der Waals surface area contributed by atoms with E-state index in [9.17, 15) is 9.18 Å². The van der Waals surface area contributed by atoms with Gasteiger partial charge < -0.3 is 9.80 Å². The number of carbonyl (C=O) groups excluding carboxylic acids is 1. The van der Waals surface area contributed by atoms with E-state index in [0.29, 0.717) is 12.5 Å². The Kier molecular flexibility index (Phi) is 9.07. The smallest absolute Gasteiger partial charge is 0.236 e. The van der Waals surface area contributed by atoms with Crippen molar-refractivity contribution in [3.63, 3.8) is 0 Å². The molecule has 1 unspecified atom stereocenters. The maximum Gasteiger partial charge on any atom is 0.236 e. The Labute approximate surface area is 232 Å². The summed E-state index contributed by atoms with van der Waals surface area (Å²) in [5, 5.41) is 0. The van der Waals surface area contributed by atoms with E-state index >= 15 is 0 Å². The van der Waals surface area contributed by atoms with Gasteiger partial charge in [-0.2, -0.15) is 0 Å². The van der Waals surface area contributed by atoms with Crippen LogP contribution in [-0.2, 0) is 4.79 Å². The number of rotatable bonds is 8. The van der Waals surface area contributed by atoms with Gasteiger partial charge in [0.05, 0.1) is 12.6 Å². The molecular weight excluding hydrogens is 487 g/mol. The van der Waals surface area contributed by atoms with E-state index in [2.05, 4.69) is 70.3 Å². The van der Waals surface area contributed by atoms with Gasteiger partial charge in [-0.05, 0) is 74.8 Å². The molecule has 2 heterocycles. The topological polar surface area (TPSA) is 30.0 Å². The van der Waals surface area contributed by atoms with Crippen molar-refractivity contribution < 1.29 is 9.18 Å². The summed E-state index contributed by atoms with van der Waals surface area (Å²) in [4.78, 5) is 22.6. The predicted molar refractivity (Wildman–Crippen MR) is 155 cm³/mol. The second-order valence-corrected chi connectivity index (χ2v) is 11.2. The molecule has 2 saturated heterocycles. The second kappa shape index (κ2) is 12.9. The Hall–Kier alpha value is -3.06. The summed E-state index contributed by atoms with van der Waals surface area (Å²) in [6, 6.07) is 28.2. The number of benzene rings is 3. The van der Waals surface area contributed by atoms with Crippen molar-refractivity contribution in [3.05, 3.63) is 107 Å². The number of hydrogen-bond acceptors (Lipinski definition) is 4. The summed E-state index contributed by atoms with van der Waals surface area (Å²) in [6.07, 6.45) is 2.28. The maximum absolute atomic E-state index is 13.7. The monoisotopic (exact) mass is 528 g/mol. The summed E-state index contributed by atoms with van der Waals surface area (Å²) >= 11 is 0. The first-order chi connectivity index (χ1) is 19.0. The molecule has 0 bridgehead atoms. The van der Waals surface area contributed by atoms with Gasteiger partial charge in [-0.3, -0.25) is 14.6 Å². The lowest BCUT2D eigenvalue weighted by Crippen LogP contribution is -2.53. The number of likely N-dealkylation sites (N-methyl/N-ethyl adjacent to an activating group) is 1. The van der Waals surface area contributed by atoms with E-state index in [0.717, 1.165) is 52.1 Å². The summed E-state index contributed by atoms with van der Waals surface area (Å²) in [5.74, 6) is 0.522. The Morgan fingerprint density at radius 3 is 1.87 bits per heavy atom. The van der Waals surface area contributed by atoms with Crippen molar-refractivity contribution in [3.8, 4) is 0 Å². The normalized spacial score (nSPS) is 18.5. The van der Waals surface area contributed by atoms with Gasteiger partial charge in [-0.15, -0.1) is 0 Å². The first-order valence-corrected chi connectivity index (χ1v) is 14.3. The highest BCUT2D eigenvalue weighted by Gasteiger charge is 2.34.